The smallest absolute Gasteiger partial charge is 0.149 e. The van der Waals surface area contributed by atoms with Gasteiger partial charge in [0.15, 0.2) is 0 Å². The van der Waals surface area contributed by atoms with Gasteiger partial charge in [0, 0.05) is 5.57 Å². The summed E-state index contributed by atoms with van der Waals surface area (Å²) < 4.78 is 0. The highest BCUT2D eigenvalue weighted by molar-refractivity contribution is 6.82. The van der Waals surface area contributed by atoms with Crippen LogP contribution in [-0.4, -0.2) is 14.4 Å². The average Bonchev–Trinajstić information content (AvgIpc) is 2.14. The topological polar surface area (TPSA) is 17.1 Å². The van der Waals surface area contributed by atoms with E-state index in [1.165, 1.54) is 0 Å². The Morgan fingerprint density at radius 3 is 2.14 bits per heavy atom. The molecule has 0 saturated carbocycles. The van der Waals surface area contributed by atoms with Gasteiger partial charge < -0.3 is 0 Å². The van der Waals surface area contributed by atoms with Gasteiger partial charge in [0.25, 0.3) is 0 Å². The van der Waals surface area contributed by atoms with Crippen molar-refractivity contribution in [2.24, 2.45) is 0 Å². The van der Waals surface area contributed by atoms with Crippen LogP contribution in [0.1, 0.15) is 5.56 Å². The number of rotatable bonds is 3. The molecule has 0 N–H and O–H groups in total. The summed E-state index contributed by atoms with van der Waals surface area (Å²) in [6.45, 7) is 6.66. The number of allylic oxidation sites excluding steroid dienone is 1. The summed E-state index contributed by atoms with van der Waals surface area (Å²) in [5, 5.41) is 0. The van der Waals surface area contributed by atoms with Gasteiger partial charge in [-0.15, -0.1) is 0 Å². The number of hydrogen-bond donors (Lipinski definition) is 0. The van der Waals surface area contributed by atoms with E-state index >= 15 is 0 Å². The number of benzene rings is 1. The minimum absolute atomic E-state index is 0.824. The SMILES string of the molecule is C[Si](C)(C)/C=C(\C=O)c1ccccc1. The third kappa shape index (κ3) is 3.30. The van der Waals surface area contributed by atoms with Crippen LogP contribution in [0, 0.1) is 0 Å². The molecule has 0 radical (unpaired) electrons. The van der Waals surface area contributed by atoms with Crippen LogP contribution in [0.5, 0.6) is 0 Å². The predicted molar refractivity (Wildman–Crippen MR) is 63.8 cm³/mol. The quantitative estimate of drug-likeness (QED) is 0.420. The Hall–Kier alpha value is -1.15. The number of carbonyl (C=O) groups is 1. The van der Waals surface area contributed by atoms with Gasteiger partial charge in [-0.25, -0.2) is 0 Å². The molecule has 1 aromatic carbocycles. The van der Waals surface area contributed by atoms with Crippen LogP contribution in [0.15, 0.2) is 36.0 Å². The molecule has 74 valence electrons. The normalized spacial score (nSPS) is 12.6. The summed E-state index contributed by atoms with van der Waals surface area (Å²) in [5.74, 6) is 0. The summed E-state index contributed by atoms with van der Waals surface area (Å²) in [6, 6.07) is 9.81. The first-order valence-electron chi connectivity index (χ1n) is 4.76. The van der Waals surface area contributed by atoms with E-state index in [1.807, 2.05) is 30.3 Å². The van der Waals surface area contributed by atoms with Crippen LogP contribution >= 0.6 is 0 Å². The first kappa shape index (κ1) is 10.9. The number of hydrogen-bond acceptors (Lipinski definition) is 1. The number of carbonyl (C=O) groups excluding carboxylic acids is 1. The third-order valence-electron chi connectivity index (χ3n) is 1.82. The first-order valence-corrected chi connectivity index (χ1v) is 8.34. The zero-order valence-electron chi connectivity index (χ0n) is 8.95. The average molecular weight is 204 g/mol. The van der Waals surface area contributed by atoms with E-state index in [2.05, 4.69) is 25.3 Å². The fraction of sp³-hybridized carbons (Fsp3) is 0.250. The molecule has 1 nitrogen and oxygen atoms in total. The van der Waals surface area contributed by atoms with Crippen LogP contribution < -0.4 is 0 Å². The van der Waals surface area contributed by atoms with E-state index in [4.69, 9.17) is 0 Å². The zero-order valence-corrected chi connectivity index (χ0v) is 9.95. The van der Waals surface area contributed by atoms with Gasteiger partial charge in [0.1, 0.15) is 6.29 Å². The summed E-state index contributed by atoms with van der Waals surface area (Å²) in [6.07, 6.45) is 0.952. The molecule has 1 aromatic rings. The Balaban J connectivity index is 3.06. The number of aldehydes is 1. The highest BCUT2D eigenvalue weighted by atomic mass is 28.3. The standard InChI is InChI=1S/C12H16OSi/c1-14(2,3)10-12(9-13)11-7-5-4-6-8-11/h4-10H,1-3H3/b12-10+. The molecule has 0 saturated heterocycles. The van der Waals surface area contributed by atoms with E-state index in [0.29, 0.717) is 0 Å². The van der Waals surface area contributed by atoms with E-state index in [0.717, 1.165) is 17.4 Å². The van der Waals surface area contributed by atoms with Crippen molar-refractivity contribution in [1.82, 2.24) is 0 Å². The highest BCUT2D eigenvalue weighted by Crippen LogP contribution is 2.15. The van der Waals surface area contributed by atoms with Crippen LogP contribution in [0.4, 0.5) is 0 Å². The predicted octanol–water partition coefficient (Wildman–Crippen LogP) is 3.15. The van der Waals surface area contributed by atoms with Crippen molar-refractivity contribution in [3.05, 3.63) is 41.6 Å². The largest absolute Gasteiger partial charge is 0.298 e. The Kier molecular flexibility index (Phi) is 3.41. The van der Waals surface area contributed by atoms with E-state index in [-0.39, 0.29) is 0 Å². The minimum Gasteiger partial charge on any atom is -0.298 e. The summed E-state index contributed by atoms with van der Waals surface area (Å²) in [7, 11) is -1.32. The van der Waals surface area contributed by atoms with Gasteiger partial charge in [-0.2, -0.15) is 0 Å². The molecule has 0 fully saturated rings. The molecule has 14 heavy (non-hydrogen) atoms. The van der Waals surface area contributed by atoms with Gasteiger partial charge in [-0.1, -0.05) is 55.7 Å². The second kappa shape index (κ2) is 4.38. The lowest BCUT2D eigenvalue weighted by atomic mass is 10.1. The van der Waals surface area contributed by atoms with Crippen molar-refractivity contribution in [3.8, 4) is 0 Å². The molecule has 0 aliphatic rings. The van der Waals surface area contributed by atoms with Gasteiger partial charge in [-0.3, -0.25) is 4.79 Å². The van der Waals surface area contributed by atoms with Crippen LogP contribution in [0.3, 0.4) is 0 Å². The van der Waals surface area contributed by atoms with Gasteiger partial charge in [0.05, 0.1) is 8.07 Å². The second-order valence-electron chi connectivity index (χ2n) is 4.45. The van der Waals surface area contributed by atoms with Crippen LogP contribution in [0.2, 0.25) is 19.6 Å². The lowest BCUT2D eigenvalue weighted by molar-refractivity contribution is -0.103. The molecule has 0 aliphatic carbocycles. The zero-order chi connectivity index (χ0) is 10.6. The van der Waals surface area contributed by atoms with Gasteiger partial charge in [0.2, 0.25) is 0 Å². The van der Waals surface area contributed by atoms with Gasteiger partial charge in [-0.05, 0) is 5.56 Å². The van der Waals surface area contributed by atoms with E-state index in [1.54, 1.807) is 0 Å². The van der Waals surface area contributed by atoms with Gasteiger partial charge >= 0.3 is 0 Å². The molecule has 0 spiro atoms. The Morgan fingerprint density at radius 2 is 1.71 bits per heavy atom. The monoisotopic (exact) mass is 204 g/mol. The highest BCUT2D eigenvalue weighted by Gasteiger charge is 2.11. The summed E-state index contributed by atoms with van der Waals surface area (Å²) in [5.41, 5.74) is 3.98. The van der Waals surface area contributed by atoms with Crippen molar-refractivity contribution < 1.29 is 4.79 Å². The Labute approximate surface area is 86.5 Å². The summed E-state index contributed by atoms with van der Waals surface area (Å²) >= 11 is 0. The van der Waals surface area contributed by atoms with Crippen molar-refractivity contribution >= 4 is 19.9 Å². The first-order chi connectivity index (χ1) is 6.53. The molecular weight excluding hydrogens is 188 g/mol. The lowest BCUT2D eigenvalue weighted by Gasteiger charge is -2.11. The fourth-order valence-corrected chi connectivity index (χ4v) is 2.45. The third-order valence-corrected chi connectivity index (χ3v) is 3.00. The maximum atomic E-state index is 10.9. The minimum atomic E-state index is -1.32. The van der Waals surface area contributed by atoms with Crippen LogP contribution in [0.25, 0.3) is 5.57 Å². The maximum absolute atomic E-state index is 10.9. The molecule has 0 unspecified atom stereocenters. The Bertz CT molecular complexity index is 333. The van der Waals surface area contributed by atoms with E-state index < -0.39 is 8.07 Å². The van der Waals surface area contributed by atoms with Crippen molar-refractivity contribution in [3.63, 3.8) is 0 Å². The van der Waals surface area contributed by atoms with Crippen molar-refractivity contribution in [2.75, 3.05) is 0 Å². The second-order valence-corrected chi connectivity index (χ2v) is 9.47. The lowest BCUT2D eigenvalue weighted by Crippen LogP contribution is -2.16. The van der Waals surface area contributed by atoms with Crippen LogP contribution in [-0.2, 0) is 4.79 Å². The fourth-order valence-electron chi connectivity index (χ4n) is 1.28. The molecule has 0 bridgehead atoms. The Morgan fingerprint density at radius 1 is 1.14 bits per heavy atom. The maximum Gasteiger partial charge on any atom is 0.149 e. The molecule has 1 rings (SSSR count). The van der Waals surface area contributed by atoms with Crippen molar-refractivity contribution in [2.45, 2.75) is 19.6 Å². The molecular formula is C12H16OSi. The van der Waals surface area contributed by atoms with E-state index in [9.17, 15) is 4.79 Å². The summed E-state index contributed by atoms with van der Waals surface area (Å²) in [4.78, 5) is 10.9. The molecule has 0 heterocycles. The molecule has 2 heteroatoms. The van der Waals surface area contributed by atoms with Crippen molar-refractivity contribution in [1.29, 1.82) is 0 Å². The molecule has 0 aliphatic heterocycles. The molecule has 0 atom stereocenters. The molecule has 0 aromatic heterocycles. The molecule has 0 amide bonds.